The van der Waals surface area contributed by atoms with Gasteiger partial charge in [0.25, 0.3) is 5.91 Å². The number of carbonyl (C=O) groups is 3. The van der Waals surface area contributed by atoms with Crippen molar-refractivity contribution < 1.29 is 14.4 Å². The molecule has 0 aromatic heterocycles. The second-order valence-corrected chi connectivity index (χ2v) is 9.61. The third kappa shape index (κ3) is 3.71. The molecule has 3 amide bonds. The summed E-state index contributed by atoms with van der Waals surface area (Å²) in [6, 6.07) is 6.46. The Labute approximate surface area is 182 Å². The molecule has 30 heavy (non-hydrogen) atoms. The molecule has 4 rings (SSSR count). The lowest BCUT2D eigenvalue weighted by atomic mass is 9.97. The van der Waals surface area contributed by atoms with Gasteiger partial charge in [-0.15, -0.1) is 11.8 Å². The zero-order valence-electron chi connectivity index (χ0n) is 17.8. The van der Waals surface area contributed by atoms with Crippen LogP contribution in [0.5, 0.6) is 0 Å². The third-order valence-electron chi connectivity index (χ3n) is 6.59. The molecule has 3 aliphatic heterocycles. The summed E-state index contributed by atoms with van der Waals surface area (Å²) in [5, 5.41) is 2.92. The minimum atomic E-state index is -0.560. The number of amides is 3. The highest BCUT2D eigenvalue weighted by Crippen LogP contribution is 2.48. The molecule has 4 atom stereocenters. The Hall–Kier alpha value is -2.06. The number of hydrogen-bond acceptors (Lipinski definition) is 5. The third-order valence-corrected chi connectivity index (χ3v) is 7.89. The van der Waals surface area contributed by atoms with E-state index in [9.17, 15) is 14.4 Å². The zero-order valence-corrected chi connectivity index (χ0v) is 18.7. The lowest BCUT2D eigenvalue weighted by Gasteiger charge is -2.36. The Morgan fingerprint density at radius 2 is 1.90 bits per heavy atom. The van der Waals surface area contributed by atoms with E-state index < -0.39 is 12.1 Å². The molecule has 7 nitrogen and oxygen atoms in total. The van der Waals surface area contributed by atoms with Crippen LogP contribution in [0.15, 0.2) is 24.3 Å². The molecule has 3 heterocycles. The van der Waals surface area contributed by atoms with Gasteiger partial charge in [-0.25, -0.2) is 0 Å². The molecule has 3 aliphatic rings. The van der Waals surface area contributed by atoms with Crippen molar-refractivity contribution in [3.8, 4) is 0 Å². The van der Waals surface area contributed by atoms with Crippen molar-refractivity contribution in [2.45, 2.75) is 37.7 Å². The summed E-state index contributed by atoms with van der Waals surface area (Å²) in [7, 11) is 2.05. The quantitative estimate of drug-likeness (QED) is 0.768. The van der Waals surface area contributed by atoms with E-state index in [-0.39, 0.29) is 29.0 Å². The summed E-state index contributed by atoms with van der Waals surface area (Å²) in [5.74, 6) is 0.249. The molecule has 0 bridgehead atoms. The summed E-state index contributed by atoms with van der Waals surface area (Å²) < 4.78 is 0. The van der Waals surface area contributed by atoms with Gasteiger partial charge in [0.05, 0.1) is 0 Å². The van der Waals surface area contributed by atoms with Crippen LogP contribution in [0.1, 0.15) is 41.6 Å². The molecule has 0 saturated carbocycles. The number of thioether (sulfide) groups is 1. The number of rotatable bonds is 5. The van der Waals surface area contributed by atoms with E-state index in [0.29, 0.717) is 24.4 Å². The maximum absolute atomic E-state index is 13.3. The van der Waals surface area contributed by atoms with Crippen molar-refractivity contribution in [2.24, 2.45) is 5.92 Å². The topological polar surface area (TPSA) is 73.0 Å². The van der Waals surface area contributed by atoms with Gasteiger partial charge in [0.15, 0.2) is 0 Å². The summed E-state index contributed by atoms with van der Waals surface area (Å²) in [5.41, 5.74) is 1.66. The molecule has 1 aromatic rings. The van der Waals surface area contributed by atoms with Crippen LogP contribution in [0, 0.1) is 5.92 Å². The number of piperazine rings is 1. The van der Waals surface area contributed by atoms with Gasteiger partial charge >= 0.3 is 0 Å². The average Bonchev–Trinajstić information content (AvgIpc) is 3.32. The van der Waals surface area contributed by atoms with Crippen molar-refractivity contribution in [1.29, 1.82) is 0 Å². The molecule has 2 saturated heterocycles. The molecule has 0 unspecified atom stereocenters. The number of fused-ring (bicyclic) bond motifs is 3. The normalized spacial score (nSPS) is 25.6. The van der Waals surface area contributed by atoms with Crippen LogP contribution in [-0.4, -0.2) is 83.5 Å². The Balaban J connectivity index is 1.48. The first-order valence-corrected chi connectivity index (χ1v) is 11.8. The van der Waals surface area contributed by atoms with Gasteiger partial charge in [-0.05, 0) is 24.6 Å². The van der Waals surface area contributed by atoms with Crippen LogP contribution >= 0.6 is 11.8 Å². The van der Waals surface area contributed by atoms with E-state index in [4.69, 9.17) is 0 Å². The number of likely N-dealkylation sites (N-methyl/N-ethyl adjacent to an activating group) is 1. The fraction of sp³-hybridized carbons (Fsp3) is 0.591. The van der Waals surface area contributed by atoms with Crippen LogP contribution in [0.2, 0.25) is 0 Å². The summed E-state index contributed by atoms with van der Waals surface area (Å²) in [6.45, 7) is 7.08. The molecule has 0 radical (unpaired) electrons. The van der Waals surface area contributed by atoms with Gasteiger partial charge in [-0.3, -0.25) is 14.4 Å². The highest BCUT2D eigenvalue weighted by Gasteiger charge is 2.49. The molecule has 1 N–H and O–H groups in total. The standard InChI is InChI=1S/C22H30N4O3S/c1-4-14(2)18(21(29)25-11-9-24(3)10-12-25)23-19(27)17-13-30-22-16-8-6-5-7-15(16)20(28)26(17)22/h5-8,14,17-18,22H,4,9-13H2,1-3H3,(H,23,27)/t14-,17-,18-,22+/m0/s1. The first-order chi connectivity index (χ1) is 14.4. The second-order valence-electron chi connectivity index (χ2n) is 8.50. The first-order valence-electron chi connectivity index (χ1n) is 10.7. The van der Waals surface area contributed by atoms with Gasteiger partial charge in [0, 0.05) is 37.5 Å². The van der Waals surface area contributed by atoms with E-state index in [0.717, 1.165) is 25.1 Å². The molecule has 2 fully saturated rings. The lowest BCUT2D eigenvalue weighted by molar-refractivity contribution is -0.140. The SMILES string of the molecule is CC[C@H](C)[C@H](NC(=O)[C@@H]1CS[C@@H]2c3ccccc3C(=O)N21)C(=O)N1CCN(C)CC1. The predicted molar refractivity (Wildman–Crippen MR) is 117 cm³/mol. The number of hydrogen-bond donors (Lipinski definition) is 1. The summed E-state index contributed by atoms with van der Waals surface area (Å²) in [6.07, 6.45) is 0.792. The van der Waals surface area contributed by atoms with E-state index in [2.05, 4.69) is 17.3 Å². The van der Waals surface area contributed by atoms with Crippen LogP contribution in [0.3, 0.4) is 0 Å². The number of carbonyl (C=O) groups excluding carboxylic acids is 3. The van der Waals surface area contributed by atoms with Crippen molar-refractivity contribution in [2.75, 3.05) is 39.0 Å². The zero-order chi connectivity index (χ0) is 21.4. The minimum absolute atomic E-state index is 0.0102. The Bertz CT molecular complexity index is 839. The predicted octanol–water partition coefficient (Wildman–Crippen LogP) is 1.56. The fourth-order valence-corrected chi connectivity index (χ4v) is 5.86. The van der Waals surface area contributed by atoms with Crippen molar-refractivity contribution >= 4 is 29.5 Å². The van der Waals surface area contributed by atoms with Crippen molar-refractivity contribution in [3.63, 3.8) is 0 Å². The Morgan fingerprint density at radius 3 is 2.60 bits per heavy atom. The van der Waals surface area contributed by atoms with Gasteiger partial charge in [-0.2, -0.15) is 0 Å². The molecule has 0 spiro atoms. The minimum Gasteiger partial charge on any atom is -0.342 e. The second kappa shape index (κ2) is 8.59. The van der Waals surface area contributed by atoms with E-state index in [1.54, 1.807) is 16.7 Å². The monoisotopic (exact) mass is 430 g/mol. The number of nitrogens with zero attached hydrogens (tertiary/aromatic N) is 3. The molecular weight excluding hydrogens is 400 g/mol. The Kier molecular flexibility index (Phi) is 6.06. The van der Waals surface area contributed by atoms with Gasteiger partial charge < -0.3 is 20.0 Å². The lowest BCUT2D eigenvalue weighted by Crippen LogP contribution is -2.58. The maximum Gasteiger partial charge on any atom is 0.256 e. The van der Waals surface area contributed by atoms with E-state index in [1.165, 1.54) is 0 Å². The summed E-state index contributed by atoms with van der Waals surface area (Å²) >= 11 is 1.62. The van der Waals surface area contributed by atoms with Crippen molar-refractivity contribution in [1.82, 2.24) is 20.0 Å². The van der Waals surface area contributed by atoms with E-state index >= 15 is 0 Å². The van der Waals surface area contributed by atoms with Crippen molar-refractivity contribution in [3.05, 3.63) is 35.4 Å². The molecule has 1 aromatic carbocycles. The average molecular weight is 431 g/mol. The number of benzene rings is 1. The summed E-state index contributed by atoms with van der Waals surface area (Å²) in [4.78, 5) is 45.2. The maximum atomic E-state index is 13.3. The fourth-order valence-electron chi connectivity index (χ4n) is 4.40. The van der Waals surface area contributed by atoms with Crippen LogP contribution in [-0.2, 0) is 9.59 Å². The highest BCUT2D eigenvalue weighted by molar-refractivity contribution is 7.99. The van der Waals surface area contributed by atoms with Gasteiger partial charge in [0.2, 0.25) is 11.8 Å². The molecule has 8 heteroatoms. The Morgan fingerprint density at radius 1 is 1.20 bits per heavy atom. The molecule has 162 valence electrons. The van der Waals surface area contributed by atoms with Crippen LogP contribution < -0.4 is 5.32 Å². The highest BCUT2D eigenvalue weighted by atomic mass is 32.2. The van der Waals surface area contributed by atoms with E-state index in [1.807, 2.05) is 43.0 Å². The largest absolute Gasteiger partial charge is 0.342 e. The van der Waals surface area contributed by atoms with Gasteiger partial charge in [-0.1, -0.05) is 38.5 Å². The van der Waals surface area contributed by atoms with Gasteiger partial charge in [0.1, 0.15) is 17.5 Å². The molecule has 0 aliphatic carbocycles. The smallest absolute Gasteiger partial charge is 0.256 e. The van der Waals surface area contributed by atoms with Crippen LogP contribution in [0.25, 0.3) is 0 Å². The van der Waals surface area contributed by atoms with Crippen LogP contribution in [0.4, 0.5) is 0 Å². The first kappa shape index (κ1) is 21.2. The molecular formula is C22H30N4O3S. The number of nitrogens with one attached hydrogen (secondary N) is 1.